The van der Waals surface area contributed by atoms with Crippen molar-refractivity contribution in [1.82, 2.24) is 0 Å². The third-order valence-corrected chi connectivity index (χ3v) is 2.16. The smallest absolute Gasteiger partial charge is 0.0943 e. The van der Waals surface area contributed by atoms with Gasteiger partial charge in [0.25, 0.3) is 0 Å². The van der Waals surface area contributed by atoms with Crippen molar-refractivity contribution in [2.75, 3.05) is 5.88 Å². The maximum Gasteiger partial charge on any atom is 0.0943 e. The number of rotatable bonds is 7. The summed E-state index contributed by atoms with van der Waals surface area (Å²) in [7, 11) is 0. The van der Waals surface area contributed by atoms with Crippen LogP contribution in [0.3, 0.4) is 0 Å². The van der Waals surface area contributed by atoms with E-state index in [1.165, 1.54) is 19.3 Å². The van der Waals surface area contributed by atoms with E-state index < -0.39 is 0 Å². The highest BCUT2D eigenvalue weighted by Gasteiger charge is 1.94. The first-order valence-electron chi connectivity index (χ1n) is 5.00. The van der Waals surface area contributed by atoms with E-state index in [0.717, 1.165) is 24.8 Å². The van der Waals surface area contributed by atoms with Gasteiger partial charge >= 0.3 is 0 Å². The standard InChI is InChI=1S/C11H18ClN/c1-2-3-4-5-7-11(10-13)8-6-9-12/h8H,2-7,9H2,1H3/b11-8+. The first-order chi connectivity index (χ1) is 6.35. The fraction of sp³-hybridized carbons (Fsp3) is 0.727. The van der Waals surface area contributed by atoms with Gasteiger partial charge in [0.05, 0.1) is 6.07 Å². The summed E-state index contributed by atoms with van der Waals surface area (Å²) in [5.74, 6) is 0.611. The van der Waals surface area contributed by atoms with E-state index in [4.69, 9.17) is 16.9 Å². The van der Waals surface area contributed by atoms with Crippen molar-refractivity contribution in [3.8, 4) is 6.07 Å². The zero-order valence-corrected chi connectivity index (χ0v) is 9.11. The Morgan fingerprint density at radius 2 is 2.15 bits per heavy atom. The molecule has 13 heavy (non-hydrogen) atoms. The number of unbranched alkanes of at least 4 members (excludes halogenated alkanes) is 3. The molecular formula is C11H18ClN. The van der Waals surface area contributed by atoms with E-state index in [0.29, 0.717) is 5.88 Å². The summed E-state index contributed by atoms with van der Waals surface area (Å²) in [5, 5.41) is 8.75. The van der Waals surface area contributed by atoms with Gasteiger partial charge in [0.2, 0.25) is 0 Å². The molecule has 0 aromatic heterocycles. The molecule has 2 heteroatoms. The van der Waals surface area contributed by atoms with Crippen molar-refractivity contribution in [2.24, 2.45) is 0 Å². The van der Waals surface area contributed by atoms with Crippen molar-refractivity contribution in [1.29, 1.82) is 5.26 Å². The lowest BCUT2D eigenvalue weighted by Gasteiger charge is -1.98. The molecule has 0 fully saturated rings. The fourth-order valence-corrected chi connectivity index (χ4v) is 1.28. The zero-order valence-electron chi connectivity index (χ0n) is 8.35. The second-order valence-electron chi connectivity index (χ2n) is 3.13. The molecule has 0 spiro atoms. The number of halogens is 1. The Morgan fingerprint density at radius 3 is 2.69 bits per heavy atom. The molecule has 74 valence electrons. The van der Waals surface area contributed by atoms with Crippen LogP contribution in [0, 0.1) is 11.3 Å². The van der Waals surface area contributed by atoms with Crippen LogP contribution in [-0.4, -0.2) is 5.88 Å². The summed E-state index contributed by atoms with van der Waals surface area (Å²) in [4.78, 5) is 0. The van der Waals surface area contributed by atoms with E-state index in [1.54, 1.807) is 0 Å². The maximum absolute atomic E-state index is 8.75. The average molecular weight is 200 g/mol. The fourth-order valence-electron chi connectivity index (χ4n) is 1.17. The number of nitrogens with zero attached hydrogens (tertiary/aromatic N) is 1. The molecule has 0 aromatic rings. The summed E-state index contributed by atoms with van der Waals surface area (Å²) >= 11 is 5.53. The van der Waals surface area contributed by atoms with E-state index >= 15 is 0 Å². The second kappa shape index (κ2) is 9.61. The predicted octanol–water partition coefficient (Wildman–Crippen LogP) is 4.04. The average Bonchev–Trinajstić information content (AvgIpc) is 2.17. The second-order valence-corrected chi connectivity index (χ2v) is 3.51. The molecule has 0 heterocycles. The lowest BCUT2D eigenvalue weighted by Crippen LogP contribution is -1.82. The van der Waals surface area contributed by atoms with Gasteiger partial charge in [-0.3, -0.25) is 0 Å². The quantitative estimate of drug-likeness (QED) is 0.345. The van der Waals surface area contributed by atoms with Crippen molar-refractivity contribution in [2.45, 2.75) is 45.4 Å². The number of hydrogen-bond acceptors (Lipinski definition) is 1. The first-order valence-corrected chi connectivity index (χ1v) is 5.53. The minimum Gasteiger partial charge on any atom is -0.193 e. The molecule has 0 aromatic carbocycles. The highest BCUT2D eigenvalue weighted by Crippen LogP contribution is 2.10. The van der Waals surface area contributed by atoms with Crippen LogP contribution in [0.2, 0.25) is 0 Å². The Bertz CT molecular complexity index is 179. The molecule has 0 radical (unpaired) electrons. The first kappa shape index (κ1) is 12.5. The molecule has 0 N–H and O–H groups in total. The topological polar surface area (TPSA) is 23.8 Å². The van der Waals surface area contributed by atoms with Gasteiger partial charge in [0, 0.05) is 11.5 Å². The molecule has 0 unspecified atom stereocenters. The normalized spacial score (nSPS) is 11.3. The SMILES string of the molecule is CCCCCC/C(C#N)=C\CCCl. The van der Waals surface area contributed by atoms with Crippen molar-refractivity contribution < 1.29 is 0 Å². The predicted molar refractivity (Wildman–Crippen MR) is 57.8 cm³/mol. The van der Waals surface area contributed by atoms with Gasteiger partial charge in [0.15, 0.2) is 0 Å². The van der Waals surface area contributed by atoms with Gasteiger partial charge in [-0.05, 0) is 19.3 Å². The molecule has 0 atom stereocenters. The Morgan fingerprint density at radius 1 is 1.38 bits per heavy atom. The lowest BCUT2D eigenvalue weighted by molar-refractivity contribution is 0.668. The van der Waals surface area contributed by atoms with Gasteiger partial charge in [-0.15, -0.1) is 11.6 Å². The maximum atomic E-state index is 8.75. The van der Waals surface area contributed by atoms with Crippen LogP contribution in [0.15, 0.2) is 11.6 Å². The Hall–Kier alpha value is -0.480. The van der Waals surface area contributed by atoms with Crippen LogP contribution in [0.4, 0.5) is 0 Å². The van der Waals surface area contributed by atoms with Crippen molar-refractivity contribution >= 4 is 11.6 Å². The Kier molecular flexibility index (Phi) is 9.25. The van der Waals surface area contributed by atoms with Crippen molar-refractivity contribution in [3.05, 3.63) is 11.6 Å². The molecule has 1 nitrogen and oxygen atoms in total. The molecule has 0 aliphatic heterocycles. The van der Waals surface area contributed by atoms with Gasteiger partial charge < -0.3 is 0 Å². The monoisotopic (exact) mass is 199 g/mol. The molecule has 0 amide bonds. The van der Waals surface area contributed by atoms with Gasteiger partial charge in [0.1, 0.15) is 0 Å². The third kappa shape index (κ3) is 7.87. The molecule has 0 aliphatic rings. The van der Waals surface area contributed by atoms with Gasteiger partial charge in [-0.25, -0.2) is 0 Å². The third-order valence-electron chi connectivity index (χ3n) is 1.94. The molecule has 0 saturated carbocycles. The van der Waals surface area contributed by atoms with E-state index in [-0.39, 0.29) is 0 Å². The molecule has 0 aliphatic carbocycles. The largest absolute Gasteiger partial charge is 0.193 e. The molecular weight excluding hydrogens is 182 g/mol. The number of hydrogen-bond donors (Lipinski definition) is 0. The van der Waals surface area contributed by atoms with Crippen LogP contribution in [-0.2, 0) is 0 Å². The summed E-state index contributed by atoms with van der Waals surface area (Å²) in [6.45, 7) is 2.19. The molecule has 0 rings (SSSR count). The molecule has 0 saturated heterocycles. The van der Waals surface area contributed by atoms with E-state index in [9.17, 15) is 0 Å². The number of alkyl halides is 1. The van der Waals surface area contributed by atoms with Crippen LogP contribution in [0.1, 0.15) is 45.4 Å². The van der Waals surface area contributed by atoms with Crippen LogP contribution in [0.25, 0.3) is 0 Å². The highest BCUT2D eigenvalue weighted by atomic mass is 35.5. The molecule has 0 bridgehead atoms. The van der Waals surface area contributed by atoms with Crippen LogP contribution < -0.4 is 0 Å². The lowest BCUT2D eigenvalue weighted by atomic mass is 10.1. The summed E-state index contributed by atoms with van der Waals surface area (Å²) in [6, 6.07) is 2.22. The number of allylic oxidation sites excluding steroid dienone is 2. The summed E-state index contributed by atoms with van der Waals surface area (Å²) in [6.07, 6.45) is 8.58. The minimum absolute atomic E-state index is 0.611. The zero-order chi connectivity index (χ0) is 9.94. The summed E-state index contributed by atoms with van der Waals surface area (Å²) < 4.78 is 0. The Balaban J connectivity index is 3.55. The van der Waals surface area contributed by atoms with Gasteiger partial charge in [-0.1, -0.05) is 32.3 Å². The minimum atomic E-state index is 0.611. The van der Waals surface area contributed by atoms with E-state index in [1.807, 2.05) is 6.08 Å². The van der Waals surface area contributed by atoms with Gasteiger partial charge in [-0.2, -0.15) is 5.26 Å². The summed E-state index contributed by atoms with van der Waals surface area (Å²) in [5.41, 5.74) is 0.900. The highest BCUT2D eigenvalue weighted by molar-refractivity contribution is 6.17. The Labute approximate surface area is 86.4 Å². The van der Waals surface area contributed by atoms with Crippen LogP contribution >= 0.6 is 11.6 Å². The van der Waals surface area contributed by atoms with Crippen LogP contribution in [0.5, 0.6) is 0 Å². The number of nitriles is 1. The van der Waals surface area contributed by atoms with E-state index in [2.05, 4.69) is 13.0 Å². The van der Waals surface area contributed by atoms with Crippen molar-refractivity contribution in [3.63, 3.8) is 0 Å².